The second-order valence-electron chi connectivity index (χ2n) is 6.83. The summed E-state index contributed by atoms with van der Waals surface area (Å²) < 4.78 is 5.05. The van der Waals surface area contributed by atoms with Gasteiger partial charge in [0, 0.05) is 19.5 Å². The van der Waals surface area contributed by atoms with Gasteiger partial charge in [-0.1, -0.05) is 30.8 Å². The van der Waals surface area contributed by atoms with Crippen LogP contribution in [0.15, 0.2) is 4.52 Å². The molecule has 3 rings (SSSR count). The summed E-state index contributed by atoms with van der Waals surface area (Å²) in [6, 6.07) is 0.632. The molecular weight excluding hydrogens is 264 g/mol. The fraction of sp³-hybridized carbons (Fsp3) is 0.875. The minimum atomic E-state index is 0.632. The van der Waals surface area contributed by atoms with E-state index >= 15 is 0 Å². The van der Waals surface area contributed by atoms with Gasteiger partial charge in [-0.3, -0.25) is 4.90 Å². The first kappa shape index (κ1) is 15.0. The van der Waals surface area contributed by atoms with Crippen molar-refractivity contribution >= 4 is 0 Å². The molecule has 1 aliphatic heterocycles. The Hall–Kier alpha value is -0.940. The molecule has 0 radical (unpaired) electrons. The molecule has 0 aromatic carbocycles. The van der Waals surface area contributed by atoms with E-state index in [1.165, 1.54) is 58.2 Å². The number of hydrogen-bond acceptors (Lipinski definition) is 5. The smallest absolute Gasteiger partial charge is 0.223 e. The van der Waals surface area contributed by atoms with E-state index in [0.717, 1.165) is 18.3 Å². The third-order valence-electron chi connectivity index (χ3n) is 5.16. The highest BCUT2D eigenvalue weighted by molar-refractivity contribution is 4.88. The summed E-state index contributed by atoms with van der Waals surface area (Å²) in [5.41, 5.74) is 0. The molecule has 2 aliphatic rings. The first-order valence-corrected chi connectivity index (χ1v) is 8.42. The van der Waals surface area contributed by atoms with E-state index in [1.807, 2.05) is 6.92 Å². The SMILES string of the molecule is Cc1nc(CN(C)[C@@H]2CCN(CCC3CCCC3)C2)no1. The number of aryl methyl sites for hydroxylation is 1. The molecule has 1 aliphatic carbocycles. The van der Waals surface area contributed by atoms with Crippen LogP contribution in [-0.4, -0.2) is 52.7 Å². The highest BCUT2D eigenvalue weighted by Crippen LogP contribution is 2.28. The van der Waals surface area contributed by atoms with Crippen molar-refractivity contribution in [2.45, 2.75) is 58.0 Å². The van der Waals surface area contributed by atoms with Gasteiger partial charge < -0.3 is 9.42 Å². The lowest BCUT2D eigenvalue weighted by Gasteiger charge is -2.23. The van der Waals surface area contributed by atoms with Crippen LogP contribution in [0, 0.1) is 12.8 Å². The van der Waals surface area contributed by atoms with Gasteiger partial charge in [-0.2, -0.15) is 4.98 Å². The largest absolute Gasteiger partial charge is 0.340 e. The Morgan fingerprint density at radius 2 is 2.10 bits per heavy atom. The summed E-state index contributed by atoms with van der Waals surface area (Å²) in [5.74, 6) is 2.46. The number of aromatic nitrogens is 2. The van der Waals surface area contributed by atoms with Crippen molar-refractivity contribution in [3.05, 3.63) is 11.7 Å². The molecule has 21 heavy (non-hydrogen) atoms. The Morgan fingerprint density at radius 1 is 1.29 bits per heavy atom. The molecule has 2 heterocycles. The first-order valence-electron chi connectivity index (χ1n) is 8.42. The Balaban J connectivity index is 1.40. The van der Waals surface area contributed by atoms with Gasteiger partial charge >= 0.3 is 0 Å². The number of hydrogen-bond donors (Lipinski definition) is 0. The zero-order valence-electron chi connectivity index (χ0n) is 13.4. The van der Waals surface area contributed by atoms with Crippen LogP contribution in [-0.2, 0) is 6.54 Å². The second kappa shape index (κ2) is 6.88. The summed E-state index contributed by atoms with van der Waals surface area (Å²) in [6.45, 7) is 6.36. The molecule has 0 bridgehead atoms. The van der Waals surface area contributed by atoms with E-state index in [0.29, 0.717) is 11.9 Å². The molecule has 5 nitrogen and oxygen atoms in total. The molecule has 1 saturated carbocycles. The van der Waals surface area contributed by atoms with E-state index in [4.69, 9.17) is 4.52 Å². The van der Waals surface area contributed by atoms with E-state index in [-0.39, 0.29) is 0 Å². The van der Waals surface area contributed by atoms with Crippen LogP contribution in [0.3, 0.4) is 0 Å². The quantitative estimate of drug-likeness (QED) is 0.806. The molecule has 1 aromatic heterocycles. The normalized spacial score (nSPS) is 24.4. The van der Waals surface area contributed by atoms with E-state index in [1.54, 1.807) is 0 Å². The summed E-state index contributed by atoms with van der Waals surface area (Å²) >= 11 is 0. The average molecular weight is 292 g/mol. The van der Waals surface area contributed by atoms with Crippen LogP contribution < -0.4 is 0 Å². The number of likely N-dealkylation sites (N-methyl/N-ethyl adjacent to an activating group) is 1. The van der Waals surface area contributed by atoms with Crippen LogP contribution in [0.5, 0.6) is 0 Å². The fourth-order valence-corrected chi connectivity index (χ4v) is 3.80. The van der Waals surface area contributed by atoms with E-state index in [9.17, 15) is 0 Å². The standard InChI is InChI=1S/C16H28N4O/c1-13-17-16(18-21-13)12-19(2)15-8-10-20(11-15)9-7-14-5-3-4-6-14/h14-15H,3-12H2,1-2H3/t15-/m1/s1. The zero-order valence-corrected chi connectivity index (χ0v) is 13.4. The lowest BCUT2D eigenvalue weighted by molar-refractivity contribution is 0.214. The van der Waals surface area contributed by atoms with Crippen molar-refractivity contribution in [2.75, 3.05) is 26.7 Å². The van der Waals surface area contributed by atoms with Gasteiger partial charge in [0.05, 0.1) is 6.54 Å². The van der Waals surface area contributed by atoms with Crippen molar-refractivity contribution in [1.82, 2.24) is 19.9 Å². The minimum absolute atomic E-state index is 0.632. The van der Waals surface area contributed by atoms with Gasteiger partial charge in [0.1, 0.15) is 0 Å². The topological polar surface area (TPSA) is 45.4 Å². The molecular formula is C16H28N4O. The molecule has 1 aromatic rings. The molecule has 1 saturated heterocycles. The van der Waals surface area contributed by atoms with Crippen LogP contribution in [0.25, 0.3) is 0 Å². The highest BCUT2D eigenvalue weighted by atomic mass is 16.5. The zero-order chi connectivity index (χ0) is 14.7. The predicted molar refractivity (Wildman–Crippen MR) is 81.9 cm³/mol. The third kappa shape index (κ3) is 4.04. The van der Waals surface area contributed by atoms with Gasteiger partial charge in [-0.25, -0.2) is 0 Å². The Bertz CT molecular complexity index is 441. The van der Waals surface area contributed by atoms with Crippen LogP contribution >= 0.6 is 0 Å². The summed E-state index contributed by atoms with van der Waals surface area (Å²) in [5, 5.41) is 3.99. The van der Waals surface area contributed by atoms with Crippen LogP contribution in [0.2, 0.25) is 0 Å². The van der Waals surface area contributed by atoms with E-state index in [2.05, 4.69) is 27.0 Å². The maximum Gasteiger partial charge on any atom is 0.223 e. The maximum atomic E-state index is 5.05. The Kier molecular flexibility index (Phi) is 4.91. The Morgan fingerprint density at radius 3 is 2.81 bits per heavy atom. The monoisotopic (exact) mass is 292 g/mol. The van der Waals surface area contributed by atoms with Gasteiger partial charge in [-0.15, -0.1) is 0 Å². The minimum Gasteiger partial charge on any atom is -0.340 e. The fourth-order valence-electron chi connectivity index (χ4n) is 3.80. The van der Waals surface area contributed by atoms with Crippen molar-refractivity contribution < 1.29 is 4.52 Å². The summed E-state index contributed by atoms with van der Waals surface area (Å²) in [7, 11) is 2.18. The van der Waals surface area contributed by atoms with Gasteiger partial charge in [0.15, 0.2) is 5.82 Å². The van der Waals surface area contributed by atoms with E-state index < -0.39 is 0 Å². The van der Waals surface area contributed by atoms with Crippen molar-refractivity contribution in [2.24, 2.45) is 5.92 Å². The van der Waals surface area contributed by atoms with Crippen LogP contribution in [0.4, 0.5) is 0 Å². The van der Waals surface area contributed by atoms with Gasteiger partial charge in [0.25, 0.3) is 0 Å². The van der Waals surface area contributed by atoms with Crippen molar-refractivity contribution in [3.8, 4) is 0 Å². The summed E-state index contributed by atoms with van der Waals surface area (Å²) in [6.07, 6.45) is 8.52. The molecule has 1 atom stereocenters. The Labute approximate surface area is 127 Å². The molecule has 0 N–H and O–H groups in total. The number of rotatable bonds is 6. The lowest BCUT2D eigenvalue weighted by Crippen LogP contribution is -2.34. The predicted octanol–water partition coefficient (Wildman–Crippen LogP) is 2.46. The van der Waals surface area contributed by atoms with Gasteiger partial charge in [0.2, 0.25) is 5.89 Å². The maximum absolute atomic E-state index is 5.05. The number of nitrogens with zero attached hydrogens (tertiary/aromatic N) is 4. The highest BCUT2D eigenvalue weighted by Gasteiger charge is 2.27. The molecule has 0 amide bonds. The van der Waals surface area contributed by atoms with Crippen molar-refractivity contribution in [3.63, 3.8) is 0 Å². The third-order valence-corrected chi connectivity index (χ3v) is 5.16. The average Bonchev–Trinajstić information content (AvgIpc) is 3.17. The van der Waals surface area contributed by atoms with Gasteiger partial charge in [-0.05, 0) is 38.9 Å². The van der Waals surface area contributed by atoms with Crippen LogP contribution in [0.1, 0.15) is 50.2 Å². The molecule has 0 unspecified atom stereocenters. The lowest BCUT2D eigenvalue weighted by atomic mass is 10.0. The molecule has 5 heteroatoms. The van der Waals surface area contributed by atoms with Crippen molar-refractivity contribution in [1.29, 1.82) is 0 Å². The molecule has 2 fully saturated rings. The molecule has 118 valence electrons. The second-order valence-corrected chi connectivity index (χ2v) is 6.83. The number of likely N-dealkylation sites (tertiary alicyclic amines) is 1. The molecule has 0 spiro atoms. The summed E-state index contributed by atoms with van der Waals surface area (Å²) in [4.78, 5) is 9.31. The first-order chi connectivity index (χ1) is 10.2.